The van der Waals surface area contributed by atoms with Crippen molar-refractivity contribution in [3.8, 4) is 0 Å². The summed E-state index contributed by atoms with van der Waals surface area (Å²) in [6.45, 7) is 2.50. The van der Waals surface area contributed by atoms with Crippen LogP contribution < -0.4 is 4.72 Å². The van der Waals surface area contributed by atoms with E-state index in [1.54, 1.807) is 7.11 Å². The molecule has 4 nitrogen and oxygen atoms in total. The average molecular weight is 261 g/mol. The van der Waals surface area contributed by atoms with Gasteiger partial charge in [0.2, 0.25) is 10.0 Å². The second-order valence-corrected chi connectivity index (χ2v) is 5.58. The number of benzene rings is 1. The van der Waals surface area contributed by atoms with Gasteiger partial charge in [-0.25, -0.2) is 17.5 Å². The molecular weight excluding hydrogens is 245 g/mol. The normalized spacial score (nSPS) is 13.6. The van der Waals surface area contributed by atoms with Gasteiger partial charge in [0.25, 0.3) is 0 Å². The van der Waals surface area contributed by atoms with Crippen LogP contribution in [0.5, 0.6) is 0 Å². The van der Waals surface area contributed by atoms with Gasteiger partial charge in [0.05, 0.1) is 0 Å². The first-order valence-corrected chi connectivity index (χ1v) is 6.69. The summed E-state index contributed by atoms with van der Waals surface area (Å²) >= 11 is 0. The SMILES string of the molecule is COCC(C)CNS(=O)(=O)c1ccccc1F. The number of rotatable bonds is 6. The quantitative estimate of drug-likeness (QED) is 0.842. The number of nitrogens with one attached hydrogen (secondary N) is 1. The molecule has 0 aromatic heterocycles. The second kappa shape index (κ2) is 6.09. The summed E-state index contributed by atoms with van der Waals surface area (Å²) in [5, 5.41) is 0. The third kappa shape index (κ3) is 4.07. The minimum Gasteiger partial charge on any atom is -0.384 e. The van der Waals surface area contributed by atoms with Crippen molar-refractivity contribution < 1.29 is 17.5 Å². The van der Waals surface area contributed by atoms with Gasteiger partial charge in [-0.1, -0.05) is 19.1 Å². The van der Waals surface area contributed by atoms with Crippen LogP contribution in [0, 0.1) is 11.7 Å². The highest BCUT2D eigenvalue weighted by atomic mass is 32.2. The molecule has 0 aliphatic rings. The molecule has 0 aliphatic carbocycles. The highest BCUT2D eigenvalue weighted by Gasteiger charge is 2.18. The molecule has 1 aromatic carbocycles. The maximum atomic E-state index is 13.3. The Morgan fingerprint density at radius 3 is 2.65 bits per heavy atom. The van der Waals surface area contributed by atoms with Crippen molar-refractivity contribution >= 4 is 10.0 Å². The standard InChI is InChI=1S/C11H16FNO3S/c1-9(8-16-2)7-13-17(14,15)11-6-4-3-5-10(11)12/h3-6,9,13H,7-8H2,1-2H3. The van der Waals surface area contributed by atoms with Gasteiger partial charge in [0.15, 0.2) is 0 Å². The first kappa shape index (κ1) is 14.1. The molecule has 1 atom stereocenters. The summed E-state index contributed by atoms with van der Waals surface area (Å²) in [5.41, 5.74) is 0. The van der Waals surface area contributed by atoms with Crippen LogP contribution in [0.3, 0.4) is 0 Å². The Labute approximate surface area is 101 Å². The first-order chi connectivity index (χ1) is 7.97. The van der Waals surface area contributed by atoms with Crippen molar-refractivity contribution in [1.82, 2.24) is 4.72 Å². The fourth-order valence-corrected chi connectivity index (χ4v) is 2.58. The number of methoxy groups -OCH3 is 1. The molecule has 0 saturated carbocycles. The van der Waals surface area contributed by atoms with Gasteiger partial charge in [0.1, 0.15) is 10.7 Å². The van der Waals surface area contributed by atoms with E-state index >= 15 is 0 Å². The summed E-state index contributed by atoms with van der Waals surface area (Å²) in [4.78, 5) is -0.329. The van der Waals surface area contributed by atoms with Gasteiger partial charge >= 0.3 is 0 Å². The lowest BCUT2D eigenvalue weighted by atomic mass is 10.2. The fourth-order valence-electron chi connectivity index (χ4n) is 1.34. The van der Waals surface area contributed by atoms with Crippen molar-refractivity contribution in [1.29, 1.82) is 0 Å². The largest absolute Gasteiger partial charge is 0.384 e. The highest BCUT2D eigenvalue weighted by molar-refractivity contribution is 7.89. The molecule has 1 N–H and O–H groups in total. The molecular formula is C11H16FNO3S. The highest BCUT2D eigenvalue weighted by Crippen LogP contribution is 2.13. The number of hydrogen-bond donors (Lipinski definition) is 1. The van der Waals surface area contributed by atoms with Crippen LogP contribution in [-0.2, 0) is 14.8 Å². The smallest absolute Gasteiger partial charge is 0.243 e. The van der Waals surface area contributed by atoms with E-state index in [0.717, 1.165) is 6.07 Å². The van der Waals surface area contributed by atoms with Gasteiger partial charge < -0.3 is 4.74 Å². The number of ether oxygens (including phenoxy) is 1. The topological polar surface area (TPSA) is 55.4 Å². The van der Waals surface area contributed by atoms with Crippen LogP contribution in [0.15, 0.2) is 29.2 Å². The molecule has 0 saturated heterocycles. The van der Waals surface area contributed by atoms with Crippen molar-refractivity contribution in [2.45, 2.75) is 11.8 Å². The van der Waals surface area contributed by atoms with E-state index in [1.165, 1.54) is 18.2 Å². The zero-order valence-corrected chi connectivity index (χ0v) is 10.6. The van der Waals surface area contributed by atoms with E-state index in [9.17, 15) is 12.8 Å². The van der Waals surface area contributed by atoms with Crippen molar-refractivity contribution in [3.05, 3.63) is 30.1 Å². The third-order valence-electron chi connectivity index (χ3n) is 2.20. The molecule has 0 heterocycles. The molecule has 1 aromatic rings. The van der Waals surface area contributed by atoms with E-state index in [2.05, 4.69) is 4.72 Å². The van der Waals surface area contributed by atoms with Crippen LogP contribution >= 0.6 is 0 Å². The molecule has 1 rings (SSSR count). The summed E-state index contributed by atoms with van der Waals surface area (Å²) in [6.07, 6.45) is 0. The Hall–Kier alpha value is -0.980. The Morgan fingerprint density at radius 1 is 1.41 bits per heavy atom. The van der Waals surface area contributed by atoms with Crippen LogP contribution in [0.1, 0.15) is 6.92 Å². The zero-order valence-electron chi connectivity index (χ0n) is 9.81. The lowest BCUT2D eigenvalue weighted by Gasteiger charge is -2.12. The van der Waals surface area contributed by atoms with Gasteiger partial charge in [0, 0.05) is 20.3 Å². The molecule has 0 radical (unpaired) electrons. The van der Waals surface area contributed by atoms with Gasteiger partial charge in [-0.2, -0.15) is 0 Å². The fraction of sp³-hybridized carbons (Fsp3) is 0.455. The second-order valence-electron chi connectivity index (χ2n) is 3.84. The van der Waals surface area contributed by atoms with Crippen molar-refractivity contribution in [2.24, 2.45) is 5.92 Å². The monoisotopic (exact) mass is 261 g/mol. The molecule has 1 unspecified atom stereocenters. The predicted octanol–water partition coefficient (Wildman–Crippen LogP) is 1.39. The molecule has 0 aliphatic heterocycles. The Balaban J connectivity index is 2.73. The Morgan fingerprint density at radius 2 is 2.06 bits per heavy atom. The summed E-state index contributed by atoms with van der Waals surface area (Å²) in [5.74, 6) is -0.721. The maximum Gasteiger partial charge on any atom is 0.243 e. The first-order valence-electron chi connectivity index (χ1n) is 5.20. The van der Waals surface area contributed by atoms with Crippen LogP contribution in [0.4, 0.5) is 4.39 Å². The molecule has 6 heteroatoms. The lowest BCUT2D eigenvalue weighted by molar-refractivity contribution is 0.161. The summed E-state index contributed by atoms with van der Waals surface area (Å²) in [6, 6.07) is 5.28. The zero-order chi connectivity index (χ0) is 12.9. The average Bonchev–Trinajstić information content (AvgIpc) is 2.27. The molecule has 0 bridgehead atoms. The number of hydrogen-bond acceptors (Lipinski definition) is 3. The third-order valence-corrected chi connectivity index (χ3v) is 3.66. The minimum atomic E-state index is -3.78. The van der Waals surface area contributed by atoms with E-state index in [-0.39, 0.29) is 17.4 Å². The molecule has 96 valence electrons. The van der Waals surface area contributed by atoms with Gasteiger partial charge in [-0.05, 0) is 18.1 Å². The van der Waals surface area contributed by atoms with Crippen molar-refractivity contribution in [3.63, 3.8) is 0 Å². The summed E-state index contributed by atoms with van der Waals surface area (Å²) in [7, 11) is -2.24. The van der Waals surface area contributed by atoms with Gasteiger partial charge in [-0.15, -0.1) is 0 Å². The van der Waals surface area contributed by atoms with E-state index in [0.29, 0.717) is 6.61 Å². The lowest BCUT2D eigenvalue weighted by Crippen LogP contribution is -2.30. The van der Waals surface area contributed by atoms with Crippen LogP contribution in [-0.4, -0.2) is 28.7 Å². The van der Waals surface area contributed by atoms with Crippen molar-refractivity contribution in [2.75, 3.05) is 20.3 Å². The summed E-state index contributed by atoms with van der Waals surface area (Å²) < 4.78 is 44.1. The maximum absolute atomic E-state index is 13.3. The molecule has 0 spiro atoms. The molecule has 0 amide bonds. The number of halogens is 1. The predicted molar refractivity (Wildman–Crippen MR) is 62.6 cm³/mol. The Kier molecular flexibility index (Phi) is 5.04. The van der Waals surface area contributed by atoms with E-state index in [4.69, 9.17) is 4.74 Å². The molecule has 17 heavy (non-hydrogen) atoms. The Bertz CT molecular complexity index is 462. The van der Waals surface area contributed by atoms with E-state index in [1.807, 2.05) is 6.92 Å². The molecule has 0 fully saturated rings. The minimum absolute atomic E-state index is 0.0292. The van der Waals surface area contributed by atoms with Gasteiger partial charge in [-0.3, -0.25) is 0 Å². The van der Waals surface area contributed by atoms with Crippen LogP contribution in [0.25, 0.3) is 0 Å². The van der Waals surface area contributed by atoms with E-state index < -0.39 is 15.8 Å². The van der Waals surface area contributed by atoms with Crippen LogP contribution in [0.2, 0.25) is 0 Å². The number of sulfonamides is 1.